The Morgan fingerprint density at radius 3 is 2.18 bits per heavy atom. The summed E-state index contributed by atoms with van der Waals surface area (Å²) in [6, 6.07) is 8.79. The molecular weight excluding hydrogens is 524 g/mol. The van der Waals surface area contributed by atoms with E-state index < -0.39 is 27.7 Å². The molecule has 12 nitrogen and oxygen atoms in total. The number of amidine groups is 1. The first-order valence-corrected chi connectivity index (χ1v) is 14.0. The maximum Gasteiger partial charge on any atom is 0.220 e. The third-order valence-corrected chi connectivity index (χ3v) is 7.66. The number of para-hydroxylation sites is 1. The normalized spacial score (nSPS) is 16.5. The zero-order valence-corrected chi connectivity index (χ0v) is 24.2. The van der Waals surface area contributed by atoms with Crippen LogP contribution in [0.15, 0.2) is 52.2 Å². The first-order valence-electron chi connectivity index (χ1n) is 12.4. The van der Waals surface area contributed by atoms with Gasteiger partial charge in [0, 0.05) is 20.9 Å². The molecule has 3 heterocycles. The van der Waals surface area contributed by atoms with Gasteiger partial charge in [0.15, 0.2) is 23.7 Å². The van der Waals surface area contributed by atoms with Gasteiger partial charge in [-0.05, 0) is 50.6 Å². The molecule has 1 aliphatic rings. The minimum Gasteiger partial charge on any atom is -0.494 e. The van der Waals surface area contributed by atoms with Gasteiger partial charge in [0.2, 0.25) is 10.0 Å². The SMILES string of the molecule is CC.COc1cccc(OC)c1N1C(c2ccc(C)o2)=NNC1NS(=O)(=O)[C@H](C)[C@H](OC)c1ncc(C)cn1.[HH]. The number of rotatable bonds is 10. The molecule has 13 heteroatoms. The molecule has 0 amide bonds. The molecule has 1 unspecified atom stereocenters. The van der Waals surface area contributed by atoms with Crippen molar-refractivity contribution in [3.63, 3.8) is 0 Å². The summed E-state index contributed by atoms with van der Waals surface area (Å²) >= 11 is 0. The van der Waals surface area contributed by atoms with Gasteiger partial charge in [0.1, 0.15) is 34.3 Å². The minimum absolute atomic E-state index is 0. The second-order valence-corrected chi connectivity index (χ2v) is 10.5. The highest BCUT2D eigenvalue weighted by Crippen LogP contribution is 2.40. The second-order valence-electron chi connectivity index (χ2n) is 8.40. The van der Waals surface area contributed by atoms with Crippen molar-refractivity contribution < 1.29 is 28.5 Å². The number of aromatic nitrogens is 2. The molecule has 1 aromatic carbocycles. The summed E-state index contributed by atoms with van der Waals surface area (Å²) in [4.78, 5) is 10.1. The number of nitrogens with zero attached hydrogens (tertiary/aromatic N) is 4. The quantitative estimate of drug-likeness (QED) is 0.376. The van der Waals surface area contributed by atoms with Gasteiger partial charge >= 0.3 is 0 Å². The number of furan rings is 1. The van der Waals surface area contributed by atoms with Crippen molar-refractivity contribution in [1.29, 1.82) is 0 Å². The van der Waals surface area contributed by atoms with Crippen molar-refractivity contribution in [3.05, 3.63) is 65.6 Å². The van der Waals surface area contributed by atoms with Gasteiger partial charge in [0.05, 0.1) is 14.2 Å². The zero-order chi connectivity index (χ0) is 28.7. The van der Waals surface area contributed by atoms with Crippen molar-refractivity contribution in [3.8, 4) is 11.5 Å². The molecule has 0 saturated heterocycles. The highest BCUT2D eigenvalue weighted by molar-refractivity contribution is 7.90. The van der Waals surface area contributed by atoms with Gasteiger partial charge in [-0.3, -0.25) is 10.3 Å². The highest BCUT2D eigenvalue weighted by Gasteiger charge is 2.41. The summed E-state index contributed by atoms with van der Waals surface area (Å²) in [7, 11) is 0.409. The lowest BCUT2D eigenvalue weighted by atomic mass is 10.2. The molecule has 4 rings (SSSR count). The first kappa shape index (κ1) is 29.9. The molecule has 0 saturated carbocycles. The predicted octanol–water partition coefficient (Wildman–Crippen LogP) is 3.73. The third kappa shape index (κ3) is 6.32. The number of ether oxygens (including phenoxy) is 3. The lowest BCUT2D eigenvalue weighted by Crippen LogP contribution is -2.55. The van der Waals surface area contributed by atoms with Crippen LogP contribution >= 0.6 is 0 Å². The molecule has 0 aliphatic carbocycles. The van der Waals surface area contributed by atoms with Crippen molar-refractivity contribution in [1.82, 2.24) is 20.1 Å². The zero-order valence-electron chi connectivity index (χ0n) is 23.4. The Morgan fingerprint density at radius 1 is 1.05 bits per heavy atom. The smallest absolute Gasteiger partial charge is 0.220 e. The van der Waals surface area contributed by atoms with E-state index in [0.717, 1.165) is 5.56 Å². The van der Waals surface area contributed by atoms with Gasteiger partial charge in [-0.15, -0.1) is 0 Å². The molecule has 0 radical (unpaired) electrons. The Balaban J connectivity index is 0.00000183. The van der Waals surface area contributed by atoms with Crippen LogP contribution in [0, 0.1) is 13.8 Å². The second kappa shape index (κ2) is 12.9. The fourth-order valence-electron chi connectivity index (χ4n) is 3.95. The number of aryl methyl sites for hydroxylation is 2. The van der Waals surface area contributed by atoms with E-state index in [2.05, 4.69) is 25.2 Å². The summed E-state index contributed by atoms with van der Waals surface area (Å²) in [5.41, 5.74) is 4.16. The summed E-state index contributed by atoms with van der Waals surface area (Å²) in [6.07, 6.45) is 1.26. The fraction of sp³-hybridized carbons (Fsp3) is 0.423. The topological polar surface area (TPSA) is 140 Å². The largest absolute Gasteiger partial charge is 0.494 e. The van der Waals surface area contributed by atoms with Crippen LogP contribution < -0.4 is 24.5 Å². The molecule has 1 aliphatic heterocycles. The third-order valence-electron chi connectivity index (χ3n) is 5.88. The van der Waals surface area contributed by atoms with Crippen molar-refractivity contribution in [2.24, 2.45) is 5.10 Å². The molecule has 0 bridgehead atoms. The fourth-order valence-corrected chi connectivity index (χ4v) is 5.19. The summed E-state index contributed by atoms with van der Waals surface area (Å²) < 4.78 is 52.4. The molecule has 0 fully saturated rings. The lowest BCUT2D eigenvalue weighted by molar-refractivity contribution is 0.0944. The maximum absolute atomic E-state index is 13.6. The van der Waals surface area contributed by atoms with Crippen LogP contribution in [0.4, 0.5) is 5.69 Å². The van der Waals surface area contributed by atoms with Gasteiger partial charge in [-0.1, -0.05) is 19.9 Å². The highest BCUT2D eigenvalue weighted by atomic mass is 32.2. The van der Waals surface area contributed by atoms with E-state index in [-0.39, 0.29) is 7.25 Å². The van der Waals surface area contributed by atoms with E-state index in [9.17, 15) is 8.42 Å². The Labute approximate surface area is 230 Å². The number of benzene rings is 1. The Hall–Kier alpha value is -3.68. The number of hydrogen-bond acceptors (Lipinski definition) is 11. The maximum atomic E-state index is 13.6. The number of anilines is 1. The van der Waals surface area contributed by atoms with E-state index in [1.54, 1.807) is 54.5 Å². The number of methoxy groups -OCH3 is 3. The molecule has 2 N–H and O–H groups in total. The molecular formula is C26H38N6O6S. The van der Waals surface area contributed by atoms with Crippen LogP contribution in [0.25, 0.3) is 0 Å². The standard InChI is InChI=1S/C24H30N6O6S.C2H6.H2/c1-14-12-25-22(26-13-14)21(35-6)16(3)37(31,32)29-24-28-27-23(19-11-10-15(2)36-19)30(24)20-17(33-4)8-7-9-18(20)34-5;1-2;/h7-13,16,21,24,28-29H,1-6H3;1-2H3;1H/t16-,21+,24?;;/m1../s1. The molecule has 3 atom stereocenters. The Bertz CT molecular complexity index is 1360. The summed E-state index contributed by atoms with van der Waals surface area (Å²) in [5, 5.41) is 3.33. The van der Waals surface area contributed by atoms with E-state index >= 15 is 0 Å². The van der Waals surface area contributed by atoms with Crippen LogP contribution in [-0.2, 0) is 14.8 Å². The lowest BCUT2D eigenvalue weighted by Gasteiger charge is -2.31. The molecule has 0 spiro atoms. The van der Waals surface area contributed by atoms with Gasteiger partial charge in [-0.25, -0.2) is 18.4 Å². The number of nitrogens with one attached hydrogen (secondary N) is 2. The molecule has 3 aromatic rings. The Kier molecular flexibility index (Phi) is 9.89. The minimum atomic E-state index is -4.04. The molecule has 2 aromatic heterocycles. The number of hydrazone groups is 1. The average molecular weight is 563 g/mol. The monoisotopic (exact) mass is 562 g/mol. The summed E-state index contributed by atoms with van der Waals surface area (Å²) in [6.45, 7) is 9.18. The summed E-state index contributed by atoms with van der Waals surface area (Å²) in [5.74, 6) is 2.58. The van der Waals surface area contributed by atoms with Crippen LogP contribution in [0.5, 0.6) is 11.5 Å². The van der Waals surface area contributed by atoms with Gasteiger partial charge in [0.25, 0.3) is 0 Å². The molecule has 214 valence electrons. The van der Waals surface area contributed by atoms with Gasteiger partial charge < -0.3 is 18.6 Å². The molecule has 39 heavy (non-hydrogen) atoms. The van der Waals surface area contributed by atoms with E-state index in [1.807, 2.05) is 20.8 Å². The van der Waals surface area contributed by atoms with Crippen LogP contribution in [0.2, 0.25) is 0 Å². The van der Waals surface area contributed by atoms with E-state index in [0.29, 0.717) is 34.5 Å². The predicted molar refractivity (Wildman–Crippen MR) is 150 cm³/mol. The Morgan fingerprint density at radius 2 is 1.67 bits per heavy atom. The van der Waals surface area contributed by atoms with Crippen LogP contribution in [0.1, 0.15) is 51.2 Å². The van der Waals surface area contributed by atoms with Crippen molar-refractivity contribution >= 4 is 21.5 Å². The average Bonchev–Trinajstić information content (AvgIpc) is 3.55. The van der Waals surface area contributed by atoms with E-state index in [4.69, 9.17) is 18.6 Å². The van der Waals surface area contributed by atoms with Crippen molar-refractivity contribution in [2.45, 2.75) is 52.3 Å². The van der Waals surface area contributed by atoms with Gasteiger partial charge in [-0.2, -0.15) is 9.82 Å². The first-order chi connectivity index (χ1) is 18.7. The number of hydrogen-bond donors (Lipinski definition) is 2. The van der Waals surface area contributed by atoms with Crippen molar-refractivity contribution in [2.75, 3.05) is 26.2 Å². The van der Waals surface area contributed by atoms with E-state index in [1.165, 1.54) is 28.3 Å². The number of sulfonamides is 1. The van der Waals surface area contributed by atoms with Crippen LogP contribution in [0.3, 0.4) is 0 Å². The van der Waals surface area contributed by atoms with Crippen LogP contribution in [-0.4, -0.2) is 57.1 Å².